The largest absolute Gasteiger partial charge is 0.497 e. The molecule has 0 spiro atoms. The summed E-state index contributed by atoms with van der Waals surface area (Å²) in [7, 11) is -0.0974. The van der Waals surface area contributed by atoms with E-state index in [0.29, 0.717) is 33.1 Å². The van der Waals surface area contributed by atoms with Crippen molar-refractivity contribution in [2.45, 2.75) is 19.0 Å². The Morgan fingerprint density at radius 3 is 2.76 bits per heavy atom. The highest BCUT2D eigenvalue weighted by atomic mass is 35.5. The number of anilines is 2. The molecule has 2 aliphatic rings. The van der Waals surface area contributed by atoms with Crippen molar-refractivity contribution in [1.29, 1.82) is 0 Å². The Balaban J connectivity index is 1.58. The lowest BCUT2D eigenvalue weighted by Crippen LogP contribution is -2.39. The third-order valence-electron chi connectivity index (χ3n) is 5.63. The molecule has 1 saturated heterocycles. The lowest BCUT2D eigenvalue weighted by molar-refractivity contribution is -0.113. The number of sulfone groups is 1. The number of hydrogen-bond donors (Lipinski definition) is 1. The van der Waals surface area contributed by atoms with Crippen LogP contribution in [0.15, 0.2) is 41.4 Å². The van der Waals surface area contributed by atoms with Crippen LogP contribution in [-0.4, -0.2) is 63.1 Å². The van der Waals surface area contributed by atoms with E-state index in [2.05, 4.69) is 10.3 Å². The number of nitrogens with one attached hydrogen (secondary N) is 1. The molecule has 8 nitrogen and oxygen atoms in total. The van der Waals surface area contributed by atoms with Crippen molar-refractivity contribution in [2.75, 3.05) is 41.7 Å². The maximum Gasteiger partial charge on any atom is 0.234 e. The van der Waals surface area contributed by atoms with Crippen LogP contribution in [0.2, 0.25) is 5.02 Å². The minimum absolute atomic E-state index is 0.0144. The fourth-order valence-electron chi connectivity index (χ4n) is 3.96. The summed E-state index contributed by atoms with van der Waals surface area (Å²) in [6.45, 7) is 1.84. The number of benzene rings is 2. The van der Waals surface area contributed by atoms with Crippen molar-refractivity contribution in [1.82, 2.24) is 0 Å². The van der Waals surface area contributed by atoms with Gasteiger partial charge in [0.15, 0.2) is 15.0 Å². The van der Waals surface area contributed by atoms with E-state index in [1.165, 1.54) is 11.8 Å². The van der Waals surface area contributed by atoms with Crippen molar-refractivity contribution < 1.29 is 22.7 Å². The van der Waals surface area contributed by atoms with Crippen LogP contribution in [0, 0.1) is 6.92 Å². The number of rotatable bonds is 6. The Labute approximate surface area is 202 Å². The van der Waals surface area contributed by atoms with Crippen molar-refractivity contribution in [2.24, 2.45) is 4.99 Å². The third-order valence-corrected chi connectivity index (χ3v) is 8.70. The molecule has 33 heavy (non-hydrogen) atoms. The number of ether oxygens (including phenoxy) is 2. The Kier molecular flexibility index (Phi) is 6.78. The van der Waals surface area contributed by atoms with Crippen LogP contribution in [0.25, 0.3) is 0 Å². The van der Waals surface area contributed by atoms with E-state index in [-0.39, 0.29) is 29.2 Å². The Morgan fingerprint density at radius 2 is 2.03 bits per heavy atom. The minimum Gasteiger partial charge on any atom is -0.497 e. The first-order chi connectivity index (χ1) is 15.7. The summed E-state index contributed by atoms with van der Waals surface area (Å²) in [5, 5.41) is 4.02. The minimum atomic E-state index is -3.21. The van der Waals surface area contributed by atoms with Crippen LogP contribution in [0.4, 0.5) is 11.4 Å². The maximum atomic E-state index is 12.7. The Bertz CT molecular complexity index is 1220. The fourth-order valence-corrected chi connectivity index (χ4v) is 6.89. The van der Waals surface area contributed by atoms with Gasteiger partial charge in [-0.05, 0) is 36.8 Å². The van der Waals surface area contributed by atoms with Gasteiger partial charge in [-0.3, -0.25) is 9.79 Å². The van der Waals surface area contributed by atoms with E-state index in [1.54, 1.807) is 50.6 Å². The second-order valence-electron chi connectivity index (χ2n) is 7.78. The van der Waals surface area contributed by atoms with Crippen LogP contribution in [-0.2, 0) is 14.6 Å². The van der Waals surface area contributed by atoms with Crippen molar-refractivity contribution in [3.05, 3.63) is 47.0 Å². The SMILES string of the molecule is COc1ccc(OC)c(N2C(SCC(=O)Nc3cccc(Cl)c3C)=N[C@H]3CS(=O)(=O)C[C@H]32)c1. The Morgan fingerprint density at radius 1 is 1.24 bits per heavy atom. The standard InChI is InChI=1S/C22H24ClN3O5S2/c1-13-15(23)5-4-6-16(13)24-21(27)10-32-22-25-17-11-33(28,29)12-19(17)26(22)18-9-14(30-2)7-8-20(18)31-3/h4-9,17,19H,10-12H2,1-3H3,(H,24,27)/t17-,19+/m0/s1. The molecule has 0 radical (unpaired) electrons. The number of nitrogens with zero attached hydrogens (tertiary/aromatic N) is 2. The van der Waals surface area contributed by atoms with E-state index in [4.69, 9.17) is 21.1 Å². The summed E-state index contributed by atoms with van der Waals surface area (Å²) < 4.78 is 35.5. The van der Waals surface area contributed by atoms with Gasteiger partial charge in [-0.2, -0.15) is 0 Å². The summed E-state index contributed by atoms with van der Waals surface area (Å²) in [6, 6.07) is 9.90. The topological polar surface area (TPSA) is 97.3 Å². The molecule has 1 N–H and O–H groups in total. The molecule has 2 aliphatic heterocycles. The molecule has 0 aromatic heterocycles. The fraction of sp³-hybridized carbons (Fsp3) is 0.364. The van der Waals surface area contributed by atoms with Crippen LogP contribution in [0.1, 0.15) is 5.56 Å². The van der Waals surface area contributed by atoms with Gasteiger partial charge in [0, 0.05) is 16.8 Å². The zero-order valence-electron chi connectivity index (χ0n) is 18.4. The zero-order valence-corrected chi connectivity index (χ0v) is 20.8. The molecule has 2 heterocycles. The molecule has 0 aliphatic carbocycles. The first-order valence-corrected chi connectivity index (χ1v) is 13.4. The van der Waals surface area contributed by atoms with E-state index in [1.807, 2.05) is 11.8 Å². The molecule has 176 valence electrons. The molecule has 1 amide bonds. The molecule has 0 saturated carbocycles. The van der Waals surface area contributed by atoms with Crippen LogP contribution in [0.3, 0.4) is 0 Å². The molecule has 11 heteroatoms. The van der Waals surface area contributed by atoms with Gasteiger partial charge < -0.3 is 19.7 Å². The molecule has 2 atom stereocenters. The van der Waals surface area contributed by atoms with Gasteiger partial charge in [-0.15, -0.1) is 0 Å². The molecule has 2 aromatic rings. The molecular weight excluding hydrogens is 486 g/mol. The molecule has 1 fully saturated rings. The molecule has 4 rings (SSSR count). The number of carbonyl (C=O) groups excluding carboxylic acids is 1. The average Bonchev–Trinajstić information content (AvgIpc) is 3.25. The first-order valence-electron chi connectivity index (χ1n) is 10.2. The number of aliphatic imine (C=N–C) groups is 1. The smallest absolute Gasteiger partial charge is 0.234 e. The maximum absolute atomic E-state index is 12.7. The number of fused-ring (bicyclic) bond motifs is 1. The third kappa shape index (κ3) is 4.92. The summed E-state index contributed by atoms with van der Waals surface area (Å²) in [5.74, 6) is 1.02. The molecule has 0 unspecified atom stereocenters. The van der Waals surface area contributed by atoms with E-state index in [9.17, 15) is 13.2 Å². The van der Waals surface area contributed by atoms with Gasteiger partial charge in [0.2, 0.25) is 5.91 Å². The highest BCUT2D eigenvalue weighted by molar-refractivity contribution is 8.14. The van der Waals surface area contributed by atoms with Gasteiger partial charge in [-0.1, -0.05) is 29.4 Å². The monoisotopic (exact) mass is 509 g/mol. The van der Waals surface area contributed by atoms with Crippen LogP contribution < -0.4 is 19.7 Å². The second kappa shape index (κ2) is 9.44. The normalized spacial score (nSPS) is 20.8. The van der Waals surface area contributed by atoms with Gasteiger partial charge in [0.1, 0.15) is 11.5 Å². The number of thioether (sulfide) groups is 1. The van der Waals surface area contributed by atoms with E-state index in [0.717, 1.165) is 5.56 Å². The number of hydrogen-bond acceptors (Lipinski definition) is 8. The zero-order chi connectivity index (χ0) is 23.8. The van der Waals surface area contributed by atoms with Gasteiger partial charge in [-0.25, -0.2) is 8.42 Å². The van der Waals surface area contributed by atoms with E-state index < -0.39 is 15.9 Å². The second-order valence-corrected chi connectivity index (χ2v) is 11.3. The molecule has 0 bridgehead atoms. The van der Waals surface area contributed by atoms with Gasteiger partial charge in [0.05, 0.1) is 49.2 Å². The molecule has 2 aromatic carbocycles. The van der Waals surface area contributed by atoms with E-state index >= 15 is 0 Å². The van der Waals surface area contributed by atoms with Crippen LogP contribution in [0.5, 0.6) is 11.5 Å². The van der Waals surface area contributed by atoms with Crippen molar-refractivity contribution >= 4 is 55.6 Å². The average molecular weight is 510 g/mol. The summed E-state index contributed by atoms with van der Waals surface area (Å²) in [6.07, 6.45) is 0. The highest BCUT2D eigenvalue weighted by Gasteiger charge is 2.48. The van der Waals surface area contributed by atoms with Gasteiger partial charge in [0.25, 0.3) is 0 Å². The number of methoxy groups -OCH3 is 2. The summed E-state index contributed by atoms with van der Waals surface area (Å²) in [5.41, 5.74) is 2.09. The Hall–Kier alpha value is -2.43. The van der Waals surface area contributed by atoms with Crippen molar-refractivity contribution in [3.8, 4) is 11.5 Å². The predicted molar refractivity (Wildman–Crippen MR) is 133 cm³/mol. The summed E-state index contributed by atoms with van der Waals surface area (Å²) in [4.78, 5) is 19.2. The number of amides is 1. The lowest BCUT2D eigenvalue weighted by atomic mass is 10.1. The summed E-state index contributed by atoms with van der Waals surface area (Å²) >= 11 is 7.40. The quantitative estimate of drug-likeness (QED) is 0.637. The predicted octanol–water partition coefficient (Wildman–Crippen LogP) is 3.38. The van der Waals surface area contributed by atoms with Gasteiger partial charge >= 0.3 is 0 Å². The number of amidine groups is 1. The number of halogens is 1. The lowest BCUT2D eigenvalue weighted by Gasteiger charge is -2.28. The number of carbonyl (C=O) groups is 1. The first kappa shape index (κ1) is 23.7. The highest BCUT2D eigenvalue weighted by Crippen LogP contribution is 2.41. The van der Waals surface area contributed by atoms with Crippen molar-refractivity contribution in [3.63, 3.8) is 0 Å². The van der Waals surface area contributed by atoms with Crippen LogP contribution >= 0.6 is 23.4 Å². The molecular formula is C22H24ClN3O5S2.